The van der Waals surface area contributed by atoms with Crippen LogP contribution in [-0.4, -0.2) is 12.6 Å². The Kier molecular flexibility index (Phi) is 6.59. The molecule has 1 nitrogen and oxygen atoms in total. The highest BCUT2D eigenvalue weighted by atomic mass is 14.9. The maximum absolute atomic E-state index is 3.61. The second kappa shape index (κ2) is 8.46. The van der Waals surface area contributed by atoms with E-state index < -0.39 is 0 Å². The molecule has 0 amide bonds. The van der Waals surface area contributed by atoms with Crippen molar-refractivity contribution in [1.29, 1.82) is 0 Å². The van der Waals surface area contributed by atoms with Gasteiger partial charge in [0.25, 0.3) is 0 Å². The number of benzene rings is 1. The Hall–Kier alpha value is -0.820. The third kappa shape index (κ3) is 6.09. The summed E-state index contributed by atoms with van der Waals surface area (Å²) in [6, 6.07) is 10.2. The first-order valence-corrected chi connectivity index (χ1v) is 8.59. The Morgan fingerprint density at radius 3 is 2.30 bits per heavy atom. The minimum absolute atomic E-state index is 0.834. The van der Waals surface area contributed by atoms with Gasteiger partial charge in [-0.05, 0) is 68.5 Å². The molecular formula is C19H31N. The quantitative estimate of drug-likeness (QED) is 0.649. The van der Waals surface area contributed by atoms with Gasteiger partial charge in [0, 0.05) is 6.04 Å². The average molecular weight is 273 g/mol. The first-order valence-electron chi connectivity index (χ1n) is 8.59. The van der Waals surface area contributed by atoms with Crippen molar-refractivity contribution < 1.29 is 0 Å². The highest BCUT2D eigenvalue weighted by Gasteiger charge is 2.19. The first kappa shape index (κ1) is 15.6. The molecule has 0 heterocycles. The standard InChI is InChI=1S/C19H31N/c1-3-4-5-17-8-10-18(11-9-17)7-6-16(2)14-15-20-19-12-13-19/h8-11,16,19-20H,3-7,12-15H2,1-2H3. The largest absolute Gasteiger partial charge is 0.314 e. The Balaban J connectivity index is 1.61. The van der Waals surface area contributed by atoms with E-state index in [9.17, 15) is 0 Å². The van der Waals surface area contributed by atoms with Crippen molar-refractivity contribution >= 4 is 0 Å². The lowest BCUT2D eigenvalue weighted by atomic mass is 9.97. The van der Waals surface area contributed by atoms with Gasteiger partial charge in [0.2, 0.25) is 0 Å². The van der Waals surface area contributed by atoms with Gasteiger partial charge in [-0.1, -0.05) is 44.5 Å². The highest BCUT2D eigenvalue weighted by molar-refractivity contribution is 5.22. The van der Waals surface area contributed by atoms with Gasteiger partial charge in [-0.3, -0.25) is 0 Å². The number of hydrogen-bond donors (Lipinski definition) is 1. The highest BCUT2D eigenvalue weighted by Crippen LogP contribution is 2.19. The summed E-state index contributed by atoms with van der Waals surface area (Å²) in [5, 5.41) is 3.61. The van der Waals surface area contributed by atoms with Crippen LogP contribution >= 0.6 is 0 Å². The minimum atomic E-state index is 0.834. The zero-order valence-electron chi connectivity index (χ0n) is 13.3. The van der Waals surface area contributed by atoms with E-state index in [2.05, 4.69) is 43.4 Å². The summed E-state index contributed by atoms with van der Waals surface area (Å²) >= 11 is 0. The van der Waals surface area contributed by atoms with Gasteiger partial charge in [0.1, 0.15) is 0 Å². The molecule has 1 aliphatic carbocycles. The van der Waals surface area contributed by atoms with Gasteiger partial charge < -0.3 is 5.32 Å². The molecule has 0 bridgehead atoms. The van der Waals surface area contributed by atoms with Crippen LogP contribution in [0, 0.1) is 5.92 Å². The summed E-state index contributed by atoms with van der Waals surface area (Å²) in [6.45, 7) is 5.86. The Bertz CT molecular complexity index is 364. The second-order valence-corrected chi connectivity index (χ2v) is 6.58. The molecule has 112 valence electrons. The van der Waals surface area contributed by atoms with Crippen LogP contribution < -0.4 is 5.32 Å². The molecule has 1 aromatic rings. The van der Waals surface area contributed by atoms with Gasteiger partial charge in [-0.2, -0.15) is 0 Å². The molecule has 0 radical (unpaired) electrons. The van der Waals surface area contributed by atoms with E-state index >= 15 is 0 Å². The molecule has 1 heteroatoms. The fourth-order valence-electron chi connectivity index (χ4n) is 2.63. The lowest BCUT2D eigenvalue weighted by Gasteiger charge is -2.12. The van der Waals surface area contributed by atoms with Crippen LogP contribution in [0.2, 0.25) is 0 Å². The van der Waals surface area contributed by atoms with Gasteiger partial charge in [0.05, 0.1) is 0 Å². The normalized spacial score (nSPS) is 16.3. The molecule has 1 unspecified atom stereocenters. The van der Waals surface area contributed by atoms with Crippen LogP contribution in [0.3, 0.4) is 0 Å². The molecule has 0 saturated heterocycles. The molecule has 20 heavy (non-hydrogen) atoms. The zero-order valence-corrected chi connectivity index (χ0v) is 13.3. The van der Waals surface area contributed by atoms with Crippen molar-refractivity contribution in [3.8, 4) is 0 Å². The number of hydrogen-bond acceptors (Lipinski definition) is 1. The summed E-state index contributed by atoms with van der Waals surface area (Å²) in [6.07, 6.45) is 10.5. The maximum Gasteiger partial charge on any atom is 0.00682 e. The monoisotopic (exact) mass is 273 g/mol. The fourth-order valence-corrected chi connectivity index (χ4v) is 2.63. The van der Waals surface area contributed by atoms with Crippen molar-refractivity contribution in [3.63, 3.8) is 0 Å². The Morgan fingerprint density at radius 2 is 1.70 bits per heavy atom. The SMILES string of the molecule is CCCCc1ccc(CCC(C)CCNC2CC2)cc1. The van der Waals surface area contributed by atoms with Gasteiger partial charge in [0.15, 0.2) is 0 Å². The van der Waals surface area contributed by atoms with E-state index in [0.29, 0.717) is 0 Å². The lowest BCUT2D eigenvalue weighted by Crippen LogP contribution is -2.19. The number of unbranched alkanes of at least 4 members (excludes halogenated alkanes) is 1. The van der Waals surface area contributed by atoms with Crippen molar-refractivity contribution in [2.24, 2.45) is 5.92 Å². The van der Waals surface area contributed by atoms with Crippen LogP contribution in [0.4, 0.5) is 0 Å². The fraction of sp³-hybridized carbons (Fsp3) is 0.684. The van der Waals surface area contributed by atoms with Crippen LogP contribution in [0.25, 0.3) is 0 Å². The van der Waals surface area contributed by atoms with Crippen molar-refractivity contribution in [2.45, 2.75) is 71.3 Å². The summed E-state index contributed by atoms with van der Waals surface area (Å²) < 4.78 is 0. The number of rotatable bonds is 10. The predicted octanol–water partition coefficient (Wildman–Crippen LogP) is 4.74. The van der Waals surface area contributed by atoms with Crippen LogP contribution in [0.15, 0.2) is 24.3 Å². The summed E-state index contributed by atoms with van der Waals surface area (Å²) in [7, 11) is 0. The topological polar surface area (TPSA) is 12.0 Å². The summed E-state index contributed by atoms with van der Waals surface area (Å²) in [5.74, 6) is 0.834. The second-order valence-electron chi connectivity index (χ2n) is 6.58. The number of nitrogens with one attached hydrogen (secondary N) is 1. The molecule has 0 spiro atoms. The zero-order chi connectivity index (χ0) is 14.2. The van der Waals surface area contributed by atoms with E-state index in [-0.39, 0.29) is 0 Å². The first-order chi connectivity index (χ1) is 9.78. The van der Waals surface area contributed by atoms with Gasteiger partial charge in [-0.15, -0.1) is 0 Å². The molecule has 1 fully saturated rings. The molecule has 1 aliphatic rings. The molecule has 0 aliphatic heterocycles. The van der Waals surface area contributed by atoms with Crippen molar-refractivity contribution in [2.75, 3.05) is 6.54 Å². The van der Waals surface area contributed by atoms with Crippen LogP contribution in [0.1, 0.15) is 63.5 Å². The molecule has 1 atom stereocenters. The lowest BCUT2D eigenvalue weighted by molar-refractivity contribution is 0.469. The third-order valence-electron chi connectivity index (χ3n) is 4.42. The molecule has 0 aromatic heterocycles. The summed E-state index contributed by atoms with van der Waals surface area (Å²) in [4.78, 5) is 0. The molecular weight excluding hydrogens is 242 g/mol. The molecule has 1 aromatic carbocycles. The van der Waals surface area contributed by atoms with E-state index in [1.54, 1.807) is 0 Å². The van der Waals surface area contributed by atoms with Gasteiger partial charge >= 0.3 is 0 Å². The third-order valence-corrected chi connectivity index (χ3v) is 4.42. The van der Waals surface area contributed by atoms with E-state index in [4.69, 9.17) is 0 Å². The molecule has 1 saturated carbocycles. The Morgan fingerprint density at radius 1 is 1.05 bits per heavy atom. The molecule has 2 rings (SSSR count). The summed E-state index contributed by atoms with van der Waals surface area (Å²) in [5.41, 5.74) is 3.00. The van der Waals surface area contributed by atoms with Crippen molar-refractivity contribution in [1.82, 2.24) is 5.32 Å². The predicted molar refractivity (Wildman–Crippen MR) is 88.2 cm³/mol. The maximum atomic E-state index is 3.61. The van der Waals surface area contributed by atoms with Crippen LogP contribution in [-0.2, 0) is 12.8 Å². The van der Waals surface area contributed by atoms with E-state index in [1.807, 2.05) is 0 Å². The average Bonchev–Trinajstić information content (AvgIpc) is 3.28. The van der Waals surface area contributed by atoms with Crippen molar-refractivity contribution in [3.05, 3.63) is 35.4 Å². The van der Waals surface area contributed by atoms with E-state index in [1.165, 1.54) is 69.0 Å². The molecule has 1 N–H and O–H groups in total. The Labute approximate surface area is 125 Å². The smallest absolute Gasteiger partial charge is 0.00682 e. The number of aryl methyl sites for hydroxylation is 2. The minimum Gasteiger partial charge on any atom is -0.314 e. The van der Waals surface area contributed by atoms with Crippen LogP contribution in [0.5, 0.6) is 0 Å². The van der Waals surface area contributed by atoms with E-state index in [0.717, 1.165) is 12.0 Å². The van der Waals surface area contributed by atoms with Gasteiger partial charge in [-0.25, -0.2) is 0 Å².